The SMILES string of the molecule is Cc1cccc(Pc2ccccc2C(F)(F)F)c1O.[Cl][Zr][Cl]. The minimum absolute atomic E-state index is 0.0674. The van der Waals surface area contributed by atoms with E-state index in [1.807, 2.05) is 0 Å². The van der Waals surface area contributed by atoms with E-state index in [4.69, 9.17) is 17.0 Å². The quantitative estimate of drug-likeness (QED) is 0.662. The van der Waals surface area contributed by atoms with Gasteiger partial charge in [-0.1, -0.05) is 45.0 Å². The molecule has 1 atom stereocenters. The van der Waals surface area contributed by atoms with Crippen molar-refractivity contribution in [3.05, 3.63) is 53.6 Å². The number of alkyl halides is 3. The van der Waals surface area contributed by atoms with Crippen molar-refractivity contribution >= 4 is 36.2 Å². The number of halogens is 5. The molecule has 0 fully saturated rings. The zero-order valence-corrected chi connectivity index (χ0v) is 16.3. The van der Waals surface area contributed by atoms with Gasteiger partial charge in [0, 0.05) is 5.30 Å². The number of hydrogen-bond acceptors (Lipinski definition) is 1. The zero-order chi connectivity index (χ0) is 16.8. The van der Waals surface area contributed by atoms with Crippen LogP contribution in [0.3, 0.4) is 0 Å². The number of phenolic OH excluding ortho intramolecular Hbond substituents is 1. The van der Waals surface area contributed by atoms with Crippen molar-refractivity contribution in [3.8, 4) is 5.75 Å². The Labute approximate surface area is 147 Å². The molecule has 0 aliphatic carbocycles. The Bertz CT molecular complexity index is 623. The van der Waals surface area contributed by atoms with Crippen molar-refractivity contribution in [2.24, 2.45) is 0 Å². The van der Waals surface area contributed by atoms with Crippen molar-refractivity contribution in [3.63, 3.8) is 0 Å². The van der Waals surface area contributed by atoms with E-state index in [9.17, 15) is 18.3 Å². The van der Waals surface area contributed by atoms with Crippen LogP contribution in [0.15, 0.2) is 42.5 Å². The molecule has 118 valence electrons. The van der Waals surface area contributed by atoms with E-state index >= 15 is 0 Å². The number of aromatic hydroxyl groups is 1. The average Bonchev–Trinajstić information content (AvgIpc) is 2.44. The van der Waals surface area contributed by atoms with E-state index < -0.39 is 32.6 Å². The van der Waals surface area contributed by atoms with E-state index in [1.165, 1.54) is 12.1 Å². The first-order chi connectivity index (χ1) is 10.3. The summed E-state index contributed by atoms with van der Waals surface area (Å²) in [5.41, 5.74) is 0.0173. The fourth-order valence-corrected chi connectivity index (χ4v) is 3.07. The Morgan fingerprint density at radius 3 is 2.14 bits per heavy atom. The molecule has 0 aliphatic heterocycles. The molecule has 2 aromatic rings. The van der Waals surface area contributed by atoms with E-state index in [0.29, 0.717) is 10.9 Å². The molecule has 0 amide bonds. The van der Waals surface area contributed by atoms with Crippen LogP contribution in [0, 0.1) is 6.92 Å². The molecule has 0 aliphatic rings. The van der Waals surface area contributed by atoms with Crippen LogP contribution in [-0.4, -0.2) is 5.11 Å². The second kappa shape index (κ2) is 9.28. The van der Waals surface area contributed by atoms with E-state index in [2.05, 4.69) is 0 Å². The number of phenols is 1. The molecule has 2 aromatic carbocycles. The third-order valence-corrected chi connectivity index (χ3v) is 4.12. The second-order valence-electron chi connectivity index (χ2n) is 4.21. The Morgan fingerprint density at radius 2 is 1.55 bits per heavy atom. The van der Waals surface area contributed by atoms with Gasteiger partial charge in [0.25, 0.3) is 0 Å². The summed E-state index contributed by atoms with van der Waals surface area (Å²) in [6.07, 6.45) is -4.37. The Hall–Kier alpha value is -0.0769. The molecule has 8 heteroatoms. The molecule has 22 heavy (non-hydrogen) atoms. The normalized spacial score (nSPS) is 11.2. The summed E-state index contributed by atoms with van der Waals surface area (Å²) in [5, 5.41) is 10.6. The number of benzene rings is 2. The average molecular weight is 446 g/mol. The number of rotatable bonds is 2. The van der Waals surface area contributed by atoms with Gasteiger partial charge in [0.15, 0.2) is 0 Å². The van der Waals surface area contributed by atoms with Crippen LogP contribution < -0.4 is 10.6 Å². The predicted molar refractivity (Wildman–Crippen MR) is 83.6 cm³/mol. The van der Waals surface area contributed by atoms with Crippen LogP contribution in [0.2, 0.25) is 0 Å². The molecule has 1 N–H and O–H groups in total. The van der Waals surface area contributed by atoms with Crippen LogP contribution in [0.25, 0.3) is 0 Å². The third kappa shape index (κ3) is 5.85. The summed E-state index contributed by atoms with van der Waals surface area (Å²) >= 11 is -0.826. The predicted octanol–water partition coefficient (Wildman–Crippen LogP) is 4.73. The van der Waals surface area contributed by atoms with Crippen LogP contribution in [-0.2, 0) is 27.0 Å². The molecule has 0 radical (unpaired) electrons. The zero-order valence-electron chi connectivity index (χ0n) is 11.4. The molecule has 1 nitrogen and oxygen atoms in total. The van der Waals surface area contributed by atoms with E-state index in [-0.39, 0.29) is 19.6 Å². The Balaban J connectivity index is 0.000000745. The molecule has 0 heterocycles. The van der Waals surface area contributed by atoms with Crippen molar-refractivity contribution in [2.75, 3.05) is 0 Å². The van der Waals surface area contributed by atoms with Gasteiger partial charge in [0.2, 0.25) is 0 Å². The maximum atomic E-state index is 12.9. The molecule has 0 saturated carbocycles. The Kier molecular flexibility index (Phi) is 8.42. The summed E-state index contributed by atoms with van der Waals surface area (Å²) in [5.74, 6) is 0.0674. The summed E-state index contributed by atoms with van der Waals surface area (Å²) in [6.45, 7) is 1.72. The summed E-state index contributed by atoms with van der Waals surface area (Å²) < 4.78 is 38.6. The summed E-state index contributed by atoms with van der Waals surface area (Å²) in [7, 11) is 9.64. The third-order valence-electron chi connectivity index (χ3n) is 2.74. The fraction of sp³-hybridized carbons (Fsp3) is 0.143. The molecular weight excluding hydrogens is 434 g/mol. The van der Waals surface area contributed by atoms with Crippen LogP contribution in [0.4, 0.5) is 13.2 Å². The van der Waals surface area contributed by atoms with Crippen molar-refractivity contribution in [1.82, 2.24) is 0 Å². The van der Waals surface area contributed by atoms with Gasteiger partial charge < -0.3 is 5.11 Å². The standard InChI is InChI=1S/C14H12F3OP.2ClH.Zr/c1-9-5-4-8-12(13(9)18)19-11-7-3-2-6-10(11)14(15,16)17;;;/h2-8,18-19H,1H3;2*1H;/q;;;+2/p-2. The van der Waals surface area contributed by atoms with Crippen molar-refractivity contribution in [2.45, 2.75) is 13.1 Å². The first kappa shape index (κ1) is 20.0. The molecular formula is C14H12Cl2F3OPZr. The fourth-order valence-electron chi connectivity index (χ4n) is 1.74. The first-order valence-electron chi connectivity index (χ1n) is 5.99. The van der Waals surface area contributed by atoms with Gasteiger partial charge >= 0.3 is 44.1 Å². The maximum absolute atomic E-state index is 12.9. The van der Waals surface area contributed by atoms with Gasteiger partial charge in [-0.25, -0.2) is 0 Å². The van der Waals surface area contributed by atoms with Gasteiger partial charge in [-0.05, 0) is 23.9 Å². The van der Waals surface area contributed by atoms with Crippen LogP contribution in [0.1, 0.15) is 11.1 Å². The van der Waals surface area contributed by atoms with Crippen molar-refractivity contribution < 1.29 is 39.1 Å². The molecule has 1 unspecified atom stereocenters. The van der Waals surface area contributed by atoms with Gasteiger partial charge in [-0.15, -0.1) is 0 Å². The molecule has 0 aromatic heterocycles. The van der Waals surface area contributed by atoms with Crippen LogP contribution >= 0.6 is 25.6 Å². The minimum atomic E-state index is -4.37. The monoisotopic (exact) mass is 444 g/mol. The number of para-hydroxylation sites is 1. The first-order valence-corrected chi connectivity index (χ1v) is 13.3. The van der Waals surface area contributed by atoms with Gasteiger partial charge in [-0.2, -0.15) is 13.2 Å². The Morgan fingerprint density at radius 1 is 1.00 bits per heavy atom. The number of hydrogen-bond donors (Lipinski definition) is 1. The topological polar surface area (TPSA) is 20.2 Å². The van der Waals surface area contributed by atoms with Gasteiger partial charge in [0.1, 0.15) is 5.75 Å². The molecule has 0 spiro atoms. The summed E-state index contributed by atoms with van der Waals surface area (Å²) in [6, 6.07) is 10.6. The molecule has 2 rings (SSSR count). The van der Waals surface area contributed by atoms with Crippen LogP contribution in [0.5, 0.6) is 5.75 Å². The molecule has 0 bridgehead atoms. The van der Waals surface area contributed by atoms with Crippen molar-refractivity contribution in [1.29, 1.82) is 0 Å². The number of aryl methyl sites for hydroxylation is 1. The van der Waals surface area contributed by atoms with Gasteiger partial charge in [0.05, 0.1) is 5.56 Å². The second-order valence-corrected chi connectivity index (χ2v) is 9.27. The summed E-state index contributed by atoms with van der Waals surface area (Å²) in [4.78, 5) is 0. The van der Waals surface area contributed by atoms with E-state index in [1.54, 1.807) is 31.2 Å². The molecule has 0 saturated heterocycles. The van der Waals surface area contributed by atoms with E-state index in [0.717, 1.165) is 6.07 Å². The van der Waals surface area contributed by atoms with Gasteiger partial charge in [-0.3, -0.25) is 0 Å².